The number of thioether (sulfide) groups is 1. The molecule has 0 bridgehead atoms. The van der Waals surface area contributed by atoms with Crippen molar-refractivity contribution in [1.82, 2.24) is 4.90 Å². The first-order valence-electron chi connectivity index (χ1n) is 7.22. The third-order valence-corrected chi connectivity index (χ3v) is 5.16. The maximum atomic E-state index is 12.7. The van der Waals surface area contributed by atoms with Crippen molar-refractivity contribution in [3.8, 4) is 5.75 Å². The van der Waals surface area contributed by atoms with Gasteiger partial charge in [-0.3, -0.25) is 9.59 Å². The van der Waals surface area contributed by atoms with Crippen molar-refractivity contribution >= 4 is 57.8 Å². The quantitative estimate of drug-likeness (QED) is 0.442. The van der Waals surface area contributed by atoms with E-state index in [2.05, 4.69) is 0 Å². The molecule has 0 saturated carbocycles. The number of thiocarbonyl (C=S) groups is 1. The van der Waals surface area contributed by atoms with Crippen molar-refractivity contribution in [2.24, 2.45) is 0 Å². The molecule has 126 valence electrons. The normalized spacial score (nSPS) is 15.8. The molecule has 0 radical (unpaired) electrons. The molecule has 7 heteroatoms. The molecule has 0 spiro atoms. The van der Waals surface area contributed by atoms with Crippen LogP contribution >= 0.6 is 35.6 Å². The van der Waals surface area contributed by atoms with Crippen LogP contribution in [0.15, 0.2) is 53.4 Å². The number of methoxy groups -OCH3 is 1. The molecule has 0 N–H and O–H groups in total. The fourth-order valence-electron chi connectivity index (χ4n) is 2.32. The second-order valence-corrected chi connectivity index (χ2v) is 7.13. The van der Waals surface area contributed by atoms with Gasteiger partial charge in [-0.15, -0.1) is 0 Å². The molecule has 0 aromatic heterocycles. The average molecular weight is 390 g/mol. The van der Waals surface area contributed by atoms with Gasteiger partial charge in [0, 0.05) is 5.56 Å². The van der Waals surface area contributed by atoms with E-state index in [0.29, 0.717) is 10.7 Å². The van der Waals surface area contributed by atoms with Crippen molar-refractivity contribution in [2.45, 2.75) is 0 Å². The number of imide groups is 1. The van der Waals surface area contributed by atoms with Gasteiger partial charge in [0.05, 0.1) is 22.6 Å². The topological polar surface area (TPSA) is 46.6 Å². The summed E-state index contributed by atoms with van der Waals surface area (Å²) >= 11 is 12.4. The van der Waals surface area contributed by atoms with Gasteiger partial charge in [0.15, 0.2) is 4.32 Å². The highest BCUT2D eigenvalue weighted by Crippen LogP contribution is 2.35. The Morgan fingerprint density at radius 3 is 2.60 bits per heavy atom. The van der Waals surface area contributed by atoms with Crippen LogP contribution in [0.4, 0.5) is 0 Å². The highest BCUT2D eigenvalue weighted by atomic mass is 35.5. The molecule has 2 aromatic carbocycles. The lowest BCUT2D eigenvalue weighted by atomic mass is 10.1. The minimum Gasteiger partial charge on any atom is -0.496 e. The zero-order valence-electron chi connectivity index (χ0n) is 13.1. The number of hydrogen-bond acceptors (Lipinski definition) is 5. The molecule has 0 unspecified atom stereocenters. The number of amides is 2. The Hall–Kier alpha value is -2.15. The first-order chi connectivity index (χ1) is 12.0. The molecule has 25 heavy (non-hydrogen) atoms. The number of nitrogens with zero attached hydrogens (tertiary/aromatic N) is 1. The zero-order valence-corrected chi connectivity index (χ0v) is 15.5. The molecule has 1 fully saturated rings. The predicted octanol–water partition coefficient (Wildman–Crippen LogP) is 4.39. The Labute approximate surface area is 159 Å². The number of hydrogen-bond donors (Lipinski definition) is 0. The maximum Gasteiger partial charge on any atom is 0.273 e. The molecule has 3 rings (SSSR count). The fraction of sp³-hybridized carbons (Fsp3) is 0.0556. The molecule has 1 heterocycles. The van der Waals surface area contributed by atoms with E-state index in [0.717, 1.165) is 22.2 Å². The monoisotopic (exact) mass is 389 g/mol. The summed E-state index contributed by atoms with van der Waals surface area (Å²) in [5.41, 5.74) is 0.967. The number of ether oxygens (including phenoxy) is 1. The highest BCUT2D eigenvalue weighted by molar-refractivity contribution is 8.26. The lowest BCUT2D eigenvalue weighted by molar-refractivity contribution is -0.120. The third kappa shape index (κ3) is 3.46. The van der Waals surface area contributed by atoms with E-state index < -0.39 is 11.8 Å². The molecule has 4 nitrogen and oxygen atoms in total. The van der Waals surface area contributed by atoms with Crippen LogP contribution in [-0.4, -0.2) is 28.1 Å². The van der Waals surface area contributed by atoms with Crippen LogP contribution in [0.3, 0.4) is 0 Å². The number of carbonyl (C=O) groups is 2. The van der Waals surface area contributed by atoms with Crippen molar-refractivity contribution in [3.05, 3.63) is 69.6 Å². The van der Waals surface area contributed by atoms with Gasteiger partial charge in [0.2, 0.25) is 0 Å². The van der Waals surface area contributed by atoms with Gasteiger partial charge in [-0.25, -0.2) is 4.90 Å². The van der Waals surface area contributed by atoms with E-state index in [1.165, 1.54) is 0 Å². The molecular formula is C18H12ClNO3S2. The van der Waals surface area contributed by atoms with Crippen molar-refractivity contribution in [3.63, 3.8) is 0 Å². The number of benzene rings is 2. The van der Waals surface area contributed by atoms with Crippen LogP contribution in [0.25, 0.3) is 6.08 Å². The fourth-order valence-corrected chi connectivity index (χ4v) is 3.79. The summed E-state index contributed by atoms with van der Waals surface area (Å²) in [6.07, 6.45) is 1.66. The SMILES string of the molecule is COc1ccccc1C=C1SC(=S)N(C(=O)c2ccccc2Cl)C1=O. The van der Waals surface area contributed by atoms with Crippen molar-refractivity contribution in [2.75, 3.05) is 7.11 Å². The zero-order chi connectivity index (χ0) is 18.0. The van der Waals surface area contributed by atoms with Crippen molar-refractivity contribution < 1.29 is 14.3 Å². The maximum absolute atomic E-state index is 12.7. The summed E-state index contributed by atoms with van der Waals surface area (Å²) in [7, 11) is 1.55. The number of halogens is 1. The van der Waals surface area contributed by atoms with Crippen LogP contribution in [0, 0.1) is 0 Å². The summed E-state index contributed by atoms with van der Waals surface area (Å²) in [6.45, 7) is 0. The minimum absolute atomic E-state index is 0.177. The predicted molar refractivity (Wildman–Crippen MR) is 104 cm³/mol. The summed E-state index contributed by atoms with van der Waals surface area (Å²) in [5, 5.41) is 0.273. The Kier molecular flexibility index (Phi) is 5.22. The summed E-state index contributed by atoms with van der Waals surface area (Å²) < 4.78 is 5.46. The van der Waals surface area contributed by atoms with Gasteiger partial charge >= 0.3 is 0 Å². The first-order valence-corrected chi connectivity index (χ1v) is 8.83. The van der Waals surface area contributed by atoms with Crippen molar-refractivity contribution in [1.29, 1.82) is 0 Å². The molecular weight excluding hydrogens is 378 g/mol. The van der Waals surface area contributed by atoms with Gasteiger partial charge in [-0.05, 0) is 24.3 Å². The smallest absolute Gasteiger partial charge is 0.273 e. The van der Waals surface area contributed by atoms with Gasteiger partial charge in [0.1, 0.15) is 5.75 Å². The lowest BCUT2D eigenvalue weighted by Crippen LogP contribution is -2.34. The molecule has 2 amide bonds. The Bertz CT molecular complexity index is 911. The Balaban J connectivity index is 1.94. The summed E-state index contributed by atoms with van der Waals surface area (Å²) in [4.78, 5) is 26.7. The average Bonchev–Trinajstić information content (AvgIpc) is 2.89. The third-order valence-electron chi connectivity index (χ3n) is 3.53. The van der Waals surface area contributed by atoms with E-state index in [-0.39, 0.29) is 14.9 Å². The second kappa shape index (κ2) is 7.39. The van der Waals surface area contributed by atoms with Gasteiger partial charge in [-0.2, -0.15) is 0 Å². The van der Waals surface area contributed by atoms with Crippen LogP contribution in [-0.2, 0) is 4.79 Å². The standard InChI is InChI=1S/C18H12ClNO3S2/c1-23-14-9-5-2-6-11(14)10-15-17(22)20(18(24)25-15)16(21)12-7-3-4-8-13(12)19/h2-10H,1H3. The van der Waals surface area contributed by atoms with Gasteiger partial charge in [-0.1, -0.05) is 65.9 Å². The number of para-hydroxylation sites is 1. The summed E-state index contributed by atoms with van der Waals surface area (Å²) in [6, 6.07) is 13.8. The van der Waals surface area contributed by atoms with E-state index in [1.54, 1.807) is 43.5 Å². The minimum atomic E-state index is -0.531. The number of carbonyl (C=O) groups excluding carboxylic acids is 2. The van der Waals surface area contributed by atoms with Gasteiger partial charge < -0.3 is 4.74 Å². The van der Waals surface area contributed by atoms with Crippen LogP contribution in [0.2, 0.25) is 5.02 Å². The van der Waals surface area contributed by atoms with Gasteiger partial charge in [0.25, 0.3) is 11.8 Å². The molecule has 1 saturated heterocycles. The van der Waals surface area contributed by atoms with E-state index >= 15 is 0 Å². The van der Waals surface area contributed by atoms with Crippen LogP contribution in [0.5, 0.6) is 5.75 Å². The Morgan fingerprint density at radius 1 is 1.20 bits per heavy atom. The molecule has 1 aliphatic heterocycles. The van der Waals surface area contributed by atoms with E-state index in [4.69, 9.17) is 28.6 Å². The highest BCUT2D eigenvalue weighted by Gasteiger charge is 2.38. The summed E-state index contributed by atoms with van der Waals surface area (Å²) in [5.74, 6) is -0.368. The first kappa shape index (κ1) is 17.7. The van der Waals surface area contributed by atoms with E-state index in [9.17, 15) is 9.59 Å². The number of rotatable bonds is 3. The van der Waals surface area contributed by atoms with Crippen LogP contribution < -0.4 is 4.74 Å². The molecule has 0 atom stereocenters. The lowest BCUT2D eigenvalue weighted by Gasteiger charge is -2.13. The van der Waals surface area contributed by atoms with Crippen LogP contribution in [0.1, 0.15) is 15.9 Å². The van der Waals surface area contributed by atoms with E-state index in [1.807, 2.05) is 18.2 Å². The Morgan fingerprint density at radius 2 is 1.88 bits per heavy atom. The second-order valence-electron chi connectivity index (χ2n) is 5.04. The largest absolute Gasteiger partial charge is 0.496 e. The molecule has 2 aromatic rings. The molecule has 0 aliphatic carbocycles. The molecule has 1 aliphatic rings.